The maximum absolute atomic E-state index is 11.4. The predicted octanol–water partition coefficient (Wildman–Crippen LogP) is 1.72. The first-order valence-electron chi connectivity index (χ1n) is 4.95. The highest BCUT2D eigenvalue weighted by atomic mass is 35.5. The second-order valence-corrected chi connectivity index (χ2v) is 3.93. The van der Waals surface area contributed by atoms with Crippen LogP contribution in [0.2, 0.25) is 0 Å². The molecule has 2 amide bonds. The summed E-state index contributed by atoms with van der Waals surface area (Å²) >= 11 is 5.58. The van der Waals surface area contributed by atoms with Gasteiger partial charge in [0.15, 0.2) is 0 Å². The molecule has 0 radical (unpaired) electrons. The number of hydrogen-bond acceptors (Lipinski definition) is 2. The van der Waals surface area contributed by atoms with Crippen molar-refractivity contribution in [3.63, 3.8) is 0 Å². The van der Waals surface area contributed by atoms with Gasteiger partial charge in [0.05, 0.1) is 0 Å². The number of rotatable bonds is 3. The SMILES string of the molecule is O=C1C=C(Cl)C(=O)N1CCc1ccccc1. The maximum Gasteiger partial charge on any atom is 0.272 e. The van der Waals surface area contributed by atoms with Gasteiger partial charge in [-0.1, -0.05) is 41.9 Å². The summed E-state index contributed by atoms with van der Waals surface area (Å²) in [6.07, 6.45) is 1.81. The molecular formula is C12H10ClNO2. The van der Waals surface area contributed by atoms with Gasteiger partial charge in [-0.25, -0.2) is 0 Å². The molecule has 0 spiro atoms. The normalized spacial score (nSPS) is 15.6. The van der Waals surface area contributed by atoms with Crippen LogP contribution in [0.1, 0.15) is 5.56 Å². The lowest BCUT2D eigenvalue weighted by Gasteiger charge is -2.13. The Morgan fingerprint density at radius 1 is 1.12 bits per heavy atom. The van der Waals surface area contributed by atoms with E-state index < -0.39 is 5.91 Å². The smallest absolute Gasteiger partial charge is 0.272 e. The Hall–Kier alpha value is -1.61. The summed E-state index contributed by atoms with van der Waals surface area (Å²) in [6, 6.07) is 9.69. The zero-order valence-electron chi connectivity index (χ0n) is 8.52. The molecule has 1 heterocycles. The van der Waals surface area contributed by atoms with E-state index in [1.54, 1.807) is 0 Å². The Morgan fingerprint density at radius 3 is 2.38 bits per heavy atom. The Morgan fingerprint density at radius 2 is 1.81 bits per heavy atom. The quantitative estimate of drug-likeness (QED) is 0.749. The molecule has 4 heteroatoms. The van der Waals surface area contributed by atoms with E-state index in [0.717, 1.165) is 16.5 Å². The molecule has 1 aromatic rings. The predicted molar refractivity (Wildman–Crippen MR) is 60.8 cm³/mol. The maximum atomic E-state index is 11.4. The van der Waals surface area contributed by atoms with Gasteiger partial charge in [-0.2, -0.15) is 0 Å². The molecule has 0 aliphatic carbocycles. The monoisotopic (exact) mass is 235 g/mol. The van der Waals surface area contributed by atoms with Crippen LogP contribution in [0.5, 0.6) is 0 Å². The molecule has 16 heavy (non-hydrogen) atoms. The van der Waals surface area contributed by atoms with Crippen molar-refractivity contribution in [3.8, 4) is 0 Å². The zero-order chi connectivity index (χ0) is 11.5. The van der Waals surface area contributed by atoms with Crippen LogP contribution in [-0.2, 0) is 16.0 Å². The van der Waals surface area contributed by atoms with Crippen molar-refractivity contribution in [1.82, 2.24) is 4.90 Å². The first-order valence-corrected chi connectivity index (χ1v) is 5.33. The van der Waals surface area contributed by atoms with Gasteiger partial charge in [-0.15, -0.1) is 0 Å². The van der Waals surface area contributed by atoms with Crippen molar-refractivity contribution < 1.29 is 9.59 Å². The van der Waals surface area contributed by atoms with Crippen LogP contribution >= 0.6 is 11.6 Å². The number of carbonyl (C=O) groups is 2. The molecule has 0 unspecified atom stereocenters. The van der Waals surface area contributed by atoms with Crippen molar-refractivity contribution in [1.29, 1.82) is 0 Å². The van der Waals surface area contributed by atoms with E-state index in [9.17, 15) is 9.59 Å². The van der Waals surface area contributed by atoms with Gasteiger partial charge in [0.25, 0.3) is 11.8 Å². The van der Waals surface area contributed by atoms with Crippen molar-refractivity contribution in [2.45, 2.75) is 6.42 Å². The molecule has 0 aromatic heterocycles. The Labute approximate surface area is 98.3 Å². The highest BCUT2D eigenvalue weighted by Gasteiger charge is 2.29. The van der Waals surface area contributed by atoms with Gasteiger partial charge in [0, 0.05) is 12.6 Å². The number of hydrogen-bond donors (Lipinski definition) is 0. The van der Waals surface area contributed by atoms with Crippen molar-refractivity contribution in [3.05, 3.63) is 47.0 Å². The molecule has 82 valence electrons. The minimum absolute atomic E-state index is 0.00179. The Balaban J connectivity index is 1.98. The highest BCUT2D eigenvalue weighted by Crippen LogP contribution is 2.16. The fourth-order valence-corrected chi connectivity index (χ4v) is 1.77. The molecule has 2 rings (SSSR count). The molecule has 0 fully saturated rings. The third-order valence-electron chi connectivity index (χ3n) is 2.43. The van der Waals surface area contributed by atoms with Crippen LogP contribution in [-0.4, -0.2) is 23.3 Å². The third kappa shape index (κ3) is 2.14. The number of imide groups is 1. The van der Waals surface area contributed by atoms with Gasteiger partial charge in [0.2, 0.25) is 0 Å². The molecule has 0 saturated heterocycles. The third-order valence-corrected chi connectivity index (χ3v) is 2.70. The Bertz CT molecular complexity index is 453. The fraction of sp³-hybridized carbons (Fsp3) is 0.167. The van der Waals surface area contributed by atoms with E-state index in [1.165, 1.54) is 0 Å². The van der Waals surface area contributed by atoms with E-state index in [0.29, 0.717) is 13.0 Å². The number of nitrogens with zero attached hydrogens (tertiary/aromatic N) is 1. The number of carbonyl (C=O) groups excluding carboxylic acids is 2. The van der Waals surface area contributed by atoms with Gasteiger partial charge >= 0.3 is 0 Å². The van der Waals surface area contributed by atoms with Gasteiger partial charge in [0.1, 0.15) is 5.03 Å². The van der Waals surface area contributed by atoms with Crippen molar-refractivity contribution >= 4 is 23.4 Å². The minimum Gasteiger partial charge on any atom is -0.274 e. The summed E-state index contributed by atoms with van der Waals surface area (Å²) in [6.45, 7) is 0.369. The summed E-state index contributed by atoms with van der Waals surface area (Å²) in [7, 11) is 0. The summed E-state index contributed by atoms with van der Waals surface area (Å²) in [4.78, 5) is 24.0. The van der Waals surface area contributed by atoms with E-state index in [1.807, 2.05) is 30.3 Å². The fourth-order valence-electron chi connectivity index (χ4n) is 1.57. The summed E-state index contributed by atoms with van der Waals surface area (Å²) in [5, 5.41) is -0.00179. The van der Waals surface area contributed by atoms with Crippen LogP contribution < -0.4 is 0 Å². The van der Waals surface area contributed by atoms with Crippen LogP contribution in [0.15, 0.2) is 41.4 Å². The largest absolute Gasteiger partial charge is 0.274 e. The average Bonchev–Trinajstić information content (AvgIpc) is 2.53. The molecule has 0 saturated carbocycles. The first-order chi connectivity index (χ1) is 7.68. The van der Waals surface area contributed by atoms with E-state index in [2.05, 4.69) is 0 Å². The highest BCUT2D eigenvalue weighted by molar-refractivity contribution is 6.46. The van der Waals surface area contributed by atoms with Crippen LogP contribution in [0.3, 0.4) is 0 Å². The zero-order valence-corrected chi connectivity index (χ0v) is 9.28. The van der Waals surface area contributed by atoms with E-state index >= 15 is 0 Å². The first kappa shape index (κ1) is 10.9. The Kier molecular flexibility index (Phi) is 3.06. The topological polar surface area (TPSA) is 37.4 Å². The van der Waals surface area contributed by atoms with Crippen LogP contribution in [0.4, 0.5) is 0 Å². The number of benzene rings is 1. The molecule has 3 nitrogen and oxygen atoms in total. The van der Waals surface area contributed by atoms with Crippen LogP contribution in [0.25, 0.3) is 0 Å². The molecule has 1 aliphatic rings. The molecule has 0 atom stereocenters. The summed E-state index contributed by atoms with van der Waals surface area (Å²) < 4.78 is 0. The lowest BCUT2D eigenvalue weighted by Crippen LogP contribution is -2.32. The van der Waals surface area contributed by atoms with Crippen molar-refractivity contribution in [2.24, 2.45) is 0 Å². The summed E-state index contributed by atoms with van der Waals surface area (Å²) in [5.41, 5.74) is 1.09. The minimum atomic E-state index is -0.400. The molecule has 1 aromatic carbocycles. The second-order valence-electron chi connectivity index (χ2n) is 3.52. The molecule has 0 bridgehead atoms. The summed E-state index contributed by atoms with van der Waals surface area (Å²) in [5.74, 6) is -0.728. The van der Waals surface area contributed by atoms with Gasteiger partial charge in [-0.3, -0.25) is 14.5 Å². The van der Waals surface area contributed by atoms with E-state index in [4.69, 9.17) is 11.6 Å². The average molecular weight is 236 g/mol. The standard InChI is InChI=1S/C12H10ClNO2/c13-10-8-11(15)14(12(10)16)7-6-9-4-2-1-3-5-9/h1-5,8H,6-7H2. The molecule has 1 aliphatic heterocycles. The van der Waals surface area contributed by atoms with Gasteiger partial charge in [-0.05, 0) is 12.0 Å². The number of amides is 2. The van der Waals surface area contributed by atoms with Crippen molar-refractivity contribution in [2.75, 3.05) is 6.54 Å². The van der Waals surface area contributed by atoms with E-state index in [-0.39, 0.29) is 10.9 Å². The molecule has 0 N–H and O–H groups in total. The number of halogens is 1. The second kappa shape index (κ2) is 4.49. The van der Waals surface area contributed by atoms with Crippen LogP contribution in [0, 0.1) is 0 Å². The lowest BCUT2D eigenvalue weighted by molar-refractivity contribution is -0.136. The molecular weight excluding hydrogens is 226 g/mol. The van der Waals surface area contributed by atoms with Gasteiger partial charge < -0.3 is 0 Å². The lowest BCUT2D eigenvalue weighted by atomic mass is 10.1.